The number of ether oxygens (including phenoxy) is 2. The number of carbonyl (C=O) groups excluding carboxylic acids is 1. The minimum atomic E-state index is -0.0894. The first kappa shape index (κ1) is 14.2. The van der Waals surface area contributed by atoms with E-state index in [1.165, 1.54) is 12.8 Å². The zero-order valence-electron chi connectivity index (χ0n) is 12.5. The van der Waals surface area contributed by atoms with Crippen molar-refractivity contribution in [3.8, 4) is 11.5 Å². The Balaban J connectivity index is 1.75. The SMILES string of the molecule is COc1ccc(OC)c(NC(=O)C2NCC3CCCC32)c1. The molecule has 1 saturated carbocycles. The molecule has 3 atom stereocenters. The van der Waals surface area contributed by atoms with Gasteiger partial charge in [-0.15, -0.1) is 0 Å². The Morgan fingerprint density at radius 1 is 1.29 bits per heavy atom. The molecular weight excluding hydrogens is 268 g/mol. The number of anilines is 1. The lowest BCUT2D eigenvalue weighted by Crippen LogP contribution is -2.39. The van der Waals surface area contributed by atoms with Crippen molar-refractivity contribution in [1.29, 1.82) is 0 Å². The van der Waals surface area contributed by atoms with E-state index in [0.29, 0.717) is 29.0 Å². The maximum absolute atomic E-state index is 12.6. The van der Waals surface area contributed by atoms with Crippen LogP contribution in [-0.2, 0) is 4.79 Å². The molecule has 0 bridgehead atoms. The standard InChI is InChI=1S/C16H22N2O3/c1-20-11-6-7-14(21-2)13(8-11)18-16(19)15-12-5-3-4-10(12)9-17-15/h6-8,10,12,15,17H,3-5,9H2,1-2H3,(H,18,19). The molecule has 2 aliphatic rings. The van der Waals surface area contributed by atoms with Crippen molar-refractivity contribution >= 4 is 11.6 Å². The highest BCUT2D eigenvalue weighted by Gasteiger charge is 2.42. The molecule has 1 aromatic carbocycles. The maximum Gasteiger partial charge on any atom is 0.241 e. The van der Waals surface area contributed by atoms with Gasteiger partial charge in [-0.3, -0.25) is 4.79 Å². The Labute approximate surface area is 125 Å². The number of benzene rings is 1. The molecule has 1 aromatic rings. The van der Waals surface area contributed by atoms with Gasteiger partial charge >= 0.3 is 0 Å². The zero-order valence-corrected chi connectivity index (χ0v) is 12.5. The lowest BCUT2D eigenvalue weighted by molar-refractivity contribution is -0.118. The first-order chi connectivity index (χ1) is 10.2. The van der Waals surface area contributed by atoms with Crippen LogP contribution in [0.25, 0.3) is 0 Å². The average Bonchev–Trinajstić information content (AvgIpc) is 3.09. The smallest absolute Gasteiger partial charge is 0.241 e. The van der Waals surface area contributed by atoms with E-state index in [4.69, 9.17) is 9.47 Å². The normalized spacial score (nSPS) is 27.2. The van der Waals surface area contributed by atoms with Crippen LogP contribution in [0.2, 0.25) is 0 Å². The van der Waals surface area contributed by atoms with E-state index in [1.807, 2.05) is 6.07 Å². The number of hydrogen-bond acceptors (Lipinski definition) is 4. The molecule has 0 spiro atoms. The van der Waals surface area contributed by atoms with Crippen LogP contribution in [0.3, 0.4) is 0 Å². The fourth-order valence-corrected chi connectivity index (χ4v) is 3.60. The first-order valence-electron chi connectivity index (χ1n) is 7.49. The summed E-state index contributed by atoms with van der Waals surface area (Å²) in [6.45, 7) is 0.956. The van der Waals surface area contributed by atoms with Gasteiger partial charge in [0, 0.05) is 6.07 Å². The molecule has 1 aliphatic heterocycles. The maximum atomic E-state index is 12.6. The summed E-state index contributed by atoms with van der Waals surface area (Å²) in [4.78, 5) is 12.6. The Bertz CT molecular complexity index is 532. The van der Waals surface area contributed by atoms with Crippen LogP contribution in [0, 0.1) is 11.8 Å². The van der Waals surface area contributed by atoms with Crippen LogP contribution in [0.5, 0.6) is 11.5 Å². The fraction of sp³-hybridized carbons (Fsp3) is 0.562. The molecule has 1 saturated heterocycles. The highest BCUT2D eigenvalue weighted by atomic mass is 16.5. The predicted molar refractivity (Wildman–Crippen MR) is 80.8 cm³/mol. The van der Waals surface area contributed by atoms with Crippen LogP contribution >= 0.6 is 0 Å². The third-order valence-corrected chi connectivity index (χ3v) is 4.69. The van der Waals surface area contributed by atoms with E-state index in [0.717, 1.165) is 13.0 Å². The molecule has 3 unspecified atom stereocenters. The van der Waals surface area contributed by atoms with Crippen molar-refractivity contribution in [3.63, 3.8) is 0 Å². The highest BCUT2D eigenvalue weighted by molar-refractivity contribution is 5.96. The summed E-state index contributed by atoms with van der Waals surface area (Å²) in [5, 5.41) is 6.34. The molecule has 2 N–H and O–H groups in total. The van der Waals surface area contributed by atoms with Crippen LogP contribution in [-0.4, -0.2) is 32.7 Å². The average molecular weight is 290 g/mol. The third-order valence-electron chi connectivity index (χ3n) is 4.69. The minimum absolute atomic E-state index is 0.0240. The van der Waals surface area contributed by atoms with Gasteiger partial charge in [-0.2, -0.15) is 0 Å². The third kappa shape index (κ3) is 2.70. The van der Waals surface area contributed by atoms with Crippen molar-refractivity contribution in [3.05, 3.63) is 18.2 Å². The van der Waals surface area contributed by atoms with E-state index in [1.54, 1.807) is 26.4 Å². The number of carbonyl (C=O) groups is 1. The molecule has 5 heteroatoms. The molecule has 1 heterocycles. The van der Waals surface area contributed by atoms with Crippen LogP contribution in [0.4, 0.5) is 5.69 Å². The molecule has 21 heavy (non-hydrogen) atoms. The lowest BCUT2D eigenvalue weighted by atomic mass is 9.93. The number of hydrogen-bond donors (Lipinski definition) is 2. The zero-order chi connectivity index (χ0) is 14.8. The van der Waals surface area contributed by atoms with E-state index < -0.39 is 0 Å². The van der Waals surface area contributed by atoms with E-state index >= 15 is 0 Å². The van der Waals surface area contributed by atoms with E-state index in [2.05, 4.69) is 10.6 Å². The second-order valence-corrected chi connectivity index (χ2v) is 5.80. The van der Waals surface area contributed by atoms with E-state index in [9.17, 15) is 4.79 Å². The van der Waals surface area contributed by atoms with Gasteiger partial charge in [-0.1, -0.05) is 6.42 Å². The van der Waals surface area contributed by atoms with Crippen LogP contribution < -0.4 is 20.1 Å². The summed E-state index contributed by atoms with van der Waals surface area (Å²) in [6.07, 6.45) is 3.62. The highest BCUT2D eigenvalue weighted by Crippen LogP contribution is 2.38. The molecule has 1 amide bonds. The quantitative estimate of drug-likeness (QED) is 0.891. The topological polar surface area (TPSA) is 59.6 Å². The monoisotopic (exact) mass is 290 g/mol. The molecule has 1 aliphatic carbocycles. The van der Waals surface area contributed by atoms with Gasteiger partial charge in [0.2, 0.25) is 5.91 Å². The van der Waals surface area contributed by atoms with Crippen LogP contribution in [0.15, 0.2) is 18.2 Å². The summed E-state index contributed by atoms with van der Waals surface area (Å²) in [6, 6.07) is 5.32. The number of rotatable bonds is 4. The molecule has 5 nitrogen and oxygen atoms in total. The molecular formula is C16H22N2O3. The molecule has 0 radical (unpaired) electrons. The van der Waals surface area contributed by atoms with Gasteiger partial charge in [0.15, 0.2) is 0 Å². The molecule has 3 rings (SSSR count). The molecule has 0 aromatic heterocycles. The van der Waals surface area contributed by atoms with Crippen molar-refractivity contribution in [2.24, 2.45) is 11.8 Å². The minimum Gasteiger partial charge on any atom is -0.497 e. The first-order valence-corrected chi connectivity index (χ1v) is 7.49. The summed E-state index contributed by atoms with van der Waals surface area (Å²) < 4.78 is 10.5. The van der Waals surface area contributed by atoms with Gasteiger partial charge < -0.3 is 20.1 Å². The summed E-state index contributed by atoms with van der Waals surface area (Å²) in [5.74, 6) is 2.50. The largest absolute Gasteiger partial charge is 0.497 e. The van der Waals surface area contributed by atoms with Gasteiger partial charge in [0.1, 0.15) is 11.5 Å². The van der Waals surface area contributed by atoms with Gasteiger partial charge in [-0.05, 0) is 43.4 Å². The van der Waals surface area contributed by atoms with Gasteiger partial charge in [0.25, 0.3) is 0 Å². The van der Waals surface area contributed by atoms with Crippen molar-refractivity contribution in [1.82, 2.24) is 5.32 Å². The molecule has 114 valence electrons. The number of methoxy groups -OCH3 is 2. The second kappa shape index (κ2) is 5.93. The number of fused-ring (bicyclic) bond motifs is 1. The summed E-state index contributed by atoms with van der Waals surface area (Å²) >= 11 is 0. The van der Waals surface area contributed by atoms with Crippen molar-refractivity contribution < 1.29 is 14.3 Å². The van der Waals surface area contributed by atoms with Crippen molar-refractivity contribution in [2.45, 2.75) is 25.3 Å². The van der Waals surface area contributed by atoms with Gasteiger partial charge in [0.05, 0.1) is 25.9 Å². The summed E-state index contributed by atoms with van der Waals surface area (Å²) in [5.41, 5.74) is 0.657. The van der Waals surface area contributed by atoms with Crippen LogP contribution in [0.1, 0.15) is 19.3 Å². The number of nitrogens with one attached hydrogen (secondary N) is 2. The molecule has 2 fully saturated rings. The summed E-state index contributed by atoms with van der Waals surface area (Å²) in [7, 11) is 3.20. The number of amides is 1. The lowest BCUT2D eigenvalue weighted by Gasteiger charge is -2.19. The van der Waals surface area contributed by atoms with Gasteiger partial charge in [-0.25, -0.2) is 0 Å². The van der Waals surface area contributed by atoms with E-state index in [-0.39, 0.29) is 11.9 Å². The predicted octanol–water partition coefficient (Wildman–Crippen LogP) is 2.03. The second-order valence-electron chi connectivity index (χ2n) is 5.80. The Morgan fingerprint density at radius 2 is 2.14 bits per heavy atom. The van der Waals surface area contributed by atoms with Crippen molar-refractivity contribution in [2.75, 3.05) is 26.1 Å². The Morgan fingerprint density at radius 3 is 2.90 bits per heavy atom. The Hall–Kier alpha value is -1.75. The fourth-order valence-electron chi connectivity index (χ4n) is 3.60. The Kier molecular flexibility index (Phi) is 4.01.